The van der Waals surface area contributed by atoms with Crippen molar-refractivity contribution in [2.24, 2.45) is 0 Å². The molecule has 0 atom stereocenters. The molecule has 126 valence electrons. The van der Waals surface area contributed by atoms with Crippen molar-refractivity contribution in [3.63, 3.8) is 0 Å². The van der Waals surface area contributed by atoms with E-state index < -0.39 is 0 Å². The third-order valence-corrected chi connectivity index (χ3v) is 4.18. The number of anilines is 2. The fourth-order valence-corrected chi connectivity index (χ4v) is 2.30. The number of hydrogen-bond donors (Lipinski definition) is 2. The van der Waals surface area contributed by atoms with E-state index in [1.807, 2.05) is 25.1 Å². The largest absolute Gasteiger partial charge is 0.462 e. The molecule has 0 aliphatic rings. The number of rotatable bonds is 6. The van der Waals surface area contributed by atoms with Crippen LogP contribution >= 0.6 is 15.9 Å². The molecule has 5 nitrogen and oxygen atoms in total. The van der Waals surface area contributed by atoms with Gasteiger partial charge < -0.3 is 15.4 Å². The number of nitrogens with one attached hydrogen (secondary N) is 2. The van der Waals surface area contributed by atoms with Gasteiger partial charge in [-0.25, -0.2) is 4.79 Å². The maximum atomic E-state index is 12.0. The first-order valence-corrected chi connectivity index (χ1v) is 8.36. The van der Waals surface area contributed by atoms with Crippen molar-refractivity contribution in [3.8, 4) is 0 Å². The van der Waals surface area contributed by atoms with Crippen molar-refractivity contribution in [1.82, 2.24) is 0 Å². The summed E-state index contributed by atoms with van der Waals surface area (Å²) in [5.41, 5.74) is 3.04. The van der Waals surface area contributed by atoms with Crippen LogP contribution in [0, 0.1) is 6.92 Å². The van der Waals surface area contributed by atoms with Gasteiger partial charge in [0.2, 0.25) is 5.91 Å². The van der Waals surface area contributed by atoms with Crippen molar-refractivity contribution < 1.29 is 14.3 Å². The van der Waals surface area contributed by atoms with E-state index in [4.69, 9.17) is 4.74 Å². The normalized spacial score (nSPS) is 10.1. The van der Waals surface area contributed by atoms with E-state index in [1.54, 1.807) is 31.2 Å². The number of hydrogen-bond acceptors (Lipinski definition) is 4. The molecule has 6 heteroatoms. The molecule has 0 aliphatic heterocycles. The van der Waals surface area contributed by atoms with Crippen molar-refractivity contribution >= 4 is 39.2 Å². The molecule has 0 bridgehead atoms. The van der Waals surface area contributed by atoms with Crippen LogP contribution in [-0.2, 0) is 9.53 Å². The Bertz CT molecular complexity index is 730. The zero-order valence-electron chi connectivity index (χ0n) is 13.6. The molecule has 24 heavy (non-hydrogen) atoms. The van der Waals surface area contributed by atoms with Crippen LogP contribution in [0.15, 0.2) is 46.9 Å². The Morgan fingerprint density at radius 3 is 2.38 bits per heavy atom. The highest BCUT2D eigenvalue weighted by atomic mass is 79.9. The second-order valence-electron chi connectivity index (χ2n) is 5.16. The standard InChI is InChI=1S/C18H19BrN2O3/c1-3-24-18(23)13-4-6-14(7-5-13)20-11-17(22)21-15-8-9-16(19)12(2)10-15/h4-10,20H,3,11H2,1-2H3,(H,21,22). The fraction of sp³-hybridized carbons (Fsp3) is 0.222. The van der Waals surface area contributed by atoms with Gasteiger partial charge in [0.15, 0.2) is 0 Å². The van der Waals surface area contributed by atoms with Crippen LogP contribution in [0.3, 0.4) is 0 Å². The summed E-state index contributed by atoms with van der Waals surface area (Å²) >= 11 is 3.42. The molecule has 2 aromatic carbocycles. The van der Waals surface area contributed by atoms with Gasteiger partial charge in [-0.2, -0.15) is 0 Å². The molecule has 0 aliphatic carbocycles. The Balaban J connectivity index is 1.87. The summed E-state index contributed by atoms with van der Waals surface area (Å²) in [6.45, 7) is 4.20. The van der Waals surface area contributed by atoms with Crippen LogP contribution in [0.4, 0.5) is 11.4 Å². The van der Waals surface area contributed by atoms with Crippen molar-refractivity contribution in [2.75, 3.05) is 23.8 Å². The summed E-state index contributed by atoms with van der Waals surface area (Å²) in [7, 11) is 0. The minimum atomic E-state index is -0.354. The van der Waals surface area contributed by atoms with E-state index in [1.165, 1.54) is 0 Å². The zero-order valence-corrected chi connectivity index (χ0v) is 15.1. The Kier molecular flexibility index (Phi) is 6.37. The van der Waals surface area contributed by atoms with Gasteiger partial charge in [-0.05, 0) is 61.9 Å². The highest BCUT2D eigenvalue weighted by molar-refractivity contribution is 9.10. The molecule has 0 saturated heterocycles. The van der Waals surface area contributed by atoms with Gasteiger partial charge in [-0.3, -0.25) is 4.79 Å². The Hall–Kier alpha value is -2.34. The maximum Gasteiger partial charge on any atom is 0.338 e. The second kappa shape index (κ2) is 8.49. The molecule has 2 N–H and O–H groups in total. The number of carbonyl (C=O) groups excluding carboxylic acids is 2. The fourth-order valence-electron chi connectivity index (χ4n) is 2.05. The minimum absolute atomic E-state index is 0.133. The van der Waals surface area contributed by atoms with Gasteiger partial charge in [0.25, 0.3) is 0 Å². The molecule has 0 radical (unpaired) electrons. The number of carbonyl (C=O) groups is 2. The van der Waals surface area contributed by atoms with Crippen molar-refractivity contribution in [2.45, 2.75) is 13.8 Å². The first-order valence-electron chi connectivity index (χ1n) is 7.56. The second-order valence-corrected chi connectivity index (χ2v) is 6.02. The first kappa shape index (κ1) is 18.0. The molecule has 0 unspecified atom stereocenters. The van der Waals surface area contributed by atoms with Crippen LogP contribution < -0.4 is 10.6 Å². The van der Waals surface area contributed by atoms with Gasteiger partial charge in [0.1, 0.15) is 0 Å². The molecule has 0 heterocycles. The number of esters is 1. The molecule has 1 amide bonds. The predicted octanol–water partition coefficient (Wildman–Crippen LogP) is 3.98. The third-order valence-electron chi connectivity index (χ3n) is 3.29. The van der Waals surface area contributed by atoms with Crippen molar-refractivity contribution in [1.29, 1.82) is 0 Å². The summed E-state index contributed by atoms with van der Waals surface area (Å²) in [6, 6.07) is 12.4. The van der Waals surface area contributed by atoms with Gasteiger partial charge in [-0.15, -0.1) is 0 Å². The molecule has 2 rings (SSSR count). The predicted molar refractivity (Wildman–Crippen MR) is 98.4 cm³/mol. The van der Waals surface area contributed by atoms with Gasteiger partial charge >= 0.3 is 5.97 Å². The number of ether oxygens (including phenoxy) is 1. The molecule has 0 saturated carbocycles. The average molecular weight is 391 g/mol. The van der Waals surface area contributed by atoms with Gasteiger partial charge in [0, 0.05) is 15.8 Å². The number of benzene rings is 2. The molecular weight excluding hydrogens is 372 g/mol. The number of amides is 1. The lowest BCUT2D eigenvalue weighted by molar-refractivity contribution is -0.114. The lowest BCUT2D eigenvalue weighted by Gasteiger charge is -2.09. The van der Waals surface area contributed by atoms with E-state index in [9.17, 15) is 9.59 Å². The smallest absolute Gasteiger partial charge is 0.338 e. The topological polar surface area (TPSA) is 67.4 Å². The monoisotopic (exact) mass is 390 g/mol. The van der Waals surface area contributed by atoms with E-state index in [2.05, 4.69) is 26.6 Å². The third kappa shape index (κ3) is 5.09. The van der Waals surface area contributed by atoms with Gasteiger partial charge in [0.05, 0.1) is 18.7 Å². The van der Waals surface area contributed by atoms with Crippen LogP contribution in [-0.4, -0.2) is 25.0 Å². The molecule has 0 spiro atoms. The van der Waals surface area contributed by atoms with E-state index in [0.717, 1.165) is 21.4 Å². The Morgan fingerprint density at radius 2 is 1.75 bits per heavy atom. The van der Waals surface area contributed by atoms with Crippen molar-refractivity contribution in [3.05, 3.63) is 58.1 Å². The molecule has 0 fully saturated rings. The average Bonchev–Trinajstić information content (AvgIpc) is 2.57. The summed E-state index contributed by atoms with van der Waals surface area (Å²) in [5.74, 6) is -0.501. The molecule has 0 aromatic heterocycles. The van der Waals surface area contributed by atoms with Crippen LogP contribution in [0.25, 0.3) is 0 Å². The zero-order chi connectivity index (χ0) is 17.5. The van der Waals surface area contributed by atoms with E-state index >= 15 is 0 Å². The lowest BCUT2D eigenvalue weighted by atomic mass is 10.2. The SMILES string of the molecule is CCOC(=O)c1ccc(NCC(=O)Nc2ccc(Br)c(C)c2)cc1. The minimum Gasteiger partial charge on any atom is -0.462 e. The highest BCUT2D eigenvalue weighted by Gasteiger charge is 2.07. The van der Waals surface area contributed by atoms with Gasteiger partial charge in [-0.1, -0.05) is 15.9 Å². The Morgan fingerprint density at radius 1 is 1.08 bits per heavy atom. The quantitative estimate of drug-likeness (QED) is 0.731. The van der Waals surface area contributed by atoms with Crippen LogP contribution in [0.2, 0.25) is 0 Å². The lowest BCUT2D eigenvalue weighted by Crippen LogP contribution is -2.21. The maximum absolute atomic E-state index is 12.0. The summed E-state index contributed by atoms with van der Waals surface area (Å²) < 4.78 is 5.92. The van der Waals surface area contributed by atoms with Crippen LogP contribution in [0.1, 0.15) is 22.8 Å². The summed E-state index contributed by atoms with van der Waals surface area (Å²) in [6.07, 6.45) is 0. The molecular formula is C18H19BrN2O3. The first-order chi connectivity index (χ1) is 11.5. The summed E-state index contributed by atoms with van der Waals surface area (Å²) in [4.78, 5) is 23.5. The number of halogens is 1. The molecule has 2 aromatic rings. The van der Waals surface area contributed by atoms with E-state index in [0.29, 0.717) is 12.2 Å². The highest BCUT2D eigenvalue weighted by Crippen LogP contribution is 2.20. The van der Waals surface area contributed by atoms with Crippen LogP contribution in [0.5, 0.6) is 0 Å². The number of aryl methyl sites for hydroxylation is 1. The Labute approximate surface area is 149 Å². The van der Waals surface area contributed by atoms with E-state index in [-0.39, 0.29) is 18.4 Å². The summed E-state index contributed by atoms with van der Waals surface area (Å²) in [5, 5.41) is 5.85.